The molecule has 0 aromatic heterocycles. The van der Waals surface area contributed by atoms with Crippen molar-refractivity contribution in [2.75, 3.05) is 19.7 Å². The minimum Gasteiger partial charge on any atom is -0.444 e. The Bertz CT molecular complexity index is 994. The number of hydrogen-bond donors (Lipinski definition) is 0. The SMILES string of the molecule is CCN=CCC(OC[C@@H]1CCN1C(=O)OC(C)(C)C)N1C(=O)c2c(Cl)c(Cl)c(Cl)c(Cl)c2C1=O. The Kier molecular flexibility index (Phi) is 8.41. The summed E-state index contributed by atoms with van der Waals surface area (Å²) in [6, 6.07) is -0.258. The van der Waals surface area contributed by atoms with Crippen LogP contribution in [0.2, 0.25) is 20.1 Å². The molecule has 1 aromatic rings. The summed E-state index contributed by atoms with van der Waals surface area (Å²) >= 11 is 24.7. The predicted octanol–water partition coefficient (Wildman–Crippen LogP) is 5.73. The zero-order chi connectivity index (χ0) is 25.4. The van der Waals surface area contributed by atoms with Gasteiger partial charge >= 0.3 is 6.09 Å². The lowest BCUT2D eigenvalue weighted by Gasteiger charge is -2.42. The van der Waals surface area contributed by atoms with Gasteiger partial charge in [0.25, 0.3) is 11.8 Å². The lowest BCUT2D eigenvalue weighted by atomic mass is 10.1. The minimum atomic E-state index is -1.01. The van der Waals surface area contributed by atoms with Crippen molar-refractivity contribution in [2.24, 2.45) is 4.99 Å². The van der Waals surface area contributed by atoms with Crippen LogP contribution in [0.1, 0.15) is 61.3 Å². The molecule has 1 aromatic carbocycles. The quantitative estimate of drug-likeness (QED) is 0.186. The Hall–Kier alpha value is -1.58. The van der Waals surface area contributed by atoms with Crippen LogP contribution in [0.4, 0.5) is 4.79 Å². The van der Waals surface area contributed by atoms with Gasteiger partial charge in [-0.25, -0.2) is 9.69 Å². The van der Waals surface area contributed by atoms with Gasteiger partial charge in [0.2, 0.25) is 0 Å². The molecule has 186 valence electrons. The monoisotopic (exact) mass is 551 g/mol. The Balaban J connectivity index is 1.82. The molecule has 1 saturated heterocycles. The second kappa shape index (κ2) is 10.6. The van der Waals surface area contributed by atoms with Crippen molar-refractivity contribution in [1.82, 2.24) is 9.80 Å². The van der Waals surface area contributed by atoms with E-state index in [1.165, 1.54) is 0 Å². The maximum atomic E-state index is 13.2. The molecule has 3 rings (SSSR count). The summed E-state index contributed by atoms with van der Waals surface area (Å²) in [5.41, 5.74) is -0.865. The molecule has 0 aliphatic carbocycles. The summed E-state index contributed by atoms with van der Waals surface area (Å²) in [4.78, 5) is 45.5. The van der Waals surface area contributed by atoms with Crippen LogP contribution in [0.25, 0.3) is 0 Å². The highest BCUT2D eigenvalue weighted by molar-refractivity contribution is 6.55. The van der Waals surface area contributed by atoms with Gasteiger partial charge in [-0.05, 0) is 34.1 Å². The highest BCUT2D eigenvalue weighted by Crippen LogP contribution is 2.45. The van der Waals surface area contributed by atoms with Crippen LogP contribution in [0.5, 0.6) is 0 Å². The standard InChI is InChI=1S/C22H25Cl4N3O5/c1-5-27-8-6-12(33-10-11-7-9-28(11)21(32)34-22(2,3)4)29-19(30)13-14(20(29)31)16(24)18(26)17(25)15(13)23/h8,11-12H,5-7,9-10H2,1-4H3/t11-,12?/m0/s1. The number of benzene rings is 1. The third-order valence-electron chi connectivity index (χ3n) is 5.29. The van der Waals surface area contributed by atoms with Crippen molar-refractivity contribution in [3.8, 4) is 0 Å². The maximum absolute atomic E-state index is 13.2. The number of carbonyl (C=O) groups excluding carboxylic acids is 3. The number of carbonyl (C=O) groups is 3. The van der Waals surface area contributed by atoms with Crippen molar-refractivity contribution in [1.29, 1.82) is 0 Å². The molecule has 3 amide bonds. The molecule has 0 radical (unpaired) electrons. The fourth-order valence-electron chi connectivity index (χ4n) is 3.57. The predicted molar refractivity (Wildman–Crippen MR) is 132 cm³/mol. The van der Waals surface area contributed by atoms with Gasteiger partial charge in [0, 0.05) is 25.7 Å². The normalized spacial score (nSPS) is 19.0. The molecule has 0 N–H and O–H groups in total. The molecule has 0 spiro atoms. The van der Waals surface area contributed by atoms with E-state index in [9.17, 15) is 14.4 Å². The number of hydrogen-bond acceptors (Lipinski definition) is 6. The smallest absolute Gasteiger partial charge is 0.410 e. The van der Waals surface area contributed by atoms with Crippen LogP contribution in [-0.2, 0) is 9.47 Å². The van der Waals surface area contributed by atoms with Gasteiger partial charge in [0.15, 0.2) is 0 Å². The minimum absolute atomic E-state index is 0.0836. The first kappa shape index (κ1) is 27.0. The van der Waals surface area contributed by atoms with E-state index >= 15 is 0 Å². The number of fused-ring (bicyclic) bond motifs is 1. The van der Waals surface area contributed by atoms with Crippen LogP contribution in [0.15, 0.2) is 4.99 Å². The summed E-state index contributed by atoms with van der Waals surface area (Å²) < 4.78 is 11.4. The van der Waals surface area contributed by atoms with Crippen LogP contribution < -0.4 is 0 Å². The topological polar surface area (TPSA) is 88.5 Å². The molecular formula is C22H25Cl4N3O5. The number of amides is 3. The van der Waals surface area contributed by atoms with Gasteiger partial charge in [-0.3, -0.25) is 14.6 Å². The number of aliphatic imine (C=N–C) groups is 1. The van der Waals surface area contributed by atoms with E-state index in [1.807, 2.05) is 6.92 Å². The van der Waals surface area contributed by atoms with Gasteiger partial charge in [-0.15, -0.1) is 0 Å². The average Bonchev–Trinajstić information content (AvgIpc) is 2.97. The molecule has 1 fully saturated rings. The van der Waals surface area contributed by atoms with E-state index in [4.69, 9.17) is 55.9 Å². The zero-order valence-corrected chi connectivity index (χ0v) is 22.2. The van der Waals surface area contributed by atoms with Crippen LogP contribution in [0.3, 0.4) is 0 Å². The number of likely N-dealkylation sites (tertiary alicyclic amines) is 1. The fraction of sp³-hybridized carbons (Fsp3) is 0.545. The van der Waals surface area contributed by atoms with Crippen molar-refractivity contribution in [3.05, 3.63) is 31.2 Å². The first-order valence-corrected chi connectivity index (χ1v) is 12.2. The molecule has 0 saturated carbocycles. The van der Waals surface area contributed by atoms with Crippen molar-refractivity contribution < 1.29 is 23.9 Å². The molecule has 2 heterocycles. The van der Waals surface area contributed by atoms with Crippen molar-refractivity contribution in [3.63, 3.8) is 0 Å². The summed E-state index contributed by atoms with van der Waals surface area (Å²) in [5, 5.41) is -0.517. The number of ether oxygens (including phenoxy) is 2. The molecule has 34 heavy (non-hydrogen) atoms. The van der Waals surface area contributed by atoms with Gasteiger partial charge in [-0.2, -0.15) is 0 Å². The third-order valence-corrected chi connectivity index (χ3v) is 7.09. The van der Waals surface area contributed by atoms with E-state index in [0.29, 0.717) is 19.5 Å². The lowest BCUT2D eigenvalue weighted by molar-refractivity contribution is -0.0715. The molecule has 12 heteroatoms. The number of imide groups is 1. The van der Waals surface area contributed by atoms with E-state index < -0.39 is 29.7 Å². The van der Waals surface area contributed by atoms with Gasteiger partial charge in [0.1, 0.15) is 11.8 Å². The molecule has 2 aliphatic heterocycles. The van der Waals surface area contributed by atoms with E-state index in [2.05, 4.69) is 4.99 Å². The Morgan fingerprint density at radius 1 is 1.09 bits per heavy atom. The number of nitrogens with zero attached hydrogens (tertiary/aromatic N) is 3. The second-order valence-electron chi connectivity index (χ2n) is 8.81. The largest absolute Gasteiger partial charge is 0.444 e. The van der Waals surface area contributed by atoms with Crippen molar-refractivity contribution in [2.45, 2.75) is 58.4 Å². The Labute approximate surface area is 218 Å². The maximum Gasteiger partial charge on any atom is 0.410 e. The van der Waals surface area contributed by atoms with Gasteiger partial charge in [-0.1, -0.05) is 46.4 Å². The molecule has 1 unspecified atom stereocenters. The second-order valence-corrected chi connectivity index (χ2v) is 10.3. The fourth-order valence-corrected chi connectivity index (χ4v) is 4.58. The number of rotatable bonds is 7. The molecule has 2 aliphatic rings. The molecule has 2 atom stereocenters. The highest BCUT2D eigenvalue weighted by Gasteiger charge is 2.45. The van der Waals surface area contributed by atoms with Gasteiger partial charge < -0.3 is 14.4 Å². The molecular weight excluding hydrogens is 528 g/mol. The van der Waals surface area contributed by atoms with Crippen LogP contribution in [-0.4, -0.2) is 71.5 Å². The lowest BCUT2D eigenvalue weighted by Crippen LogP contribution is -2.55. The molecule has 8 nitrogen and oxygen atoms in total. The van der Waals surface area contributed by atoms with Crippen LogP contribution in [0, 0.1) is 0 Å². The Morgan fingerprint density at radius 3 is 2.09 bits per heavy atom. The van der Waals surface area contributed by atoms with E-state index in [0.717, 1.165) is 4.90 Å². The molecule has 0 bridgehead atoms. The first-order chi connectivity index (χ1) is 15.9. The third kappa shape index (κ3) is 5.31. The summed E-state index contributed by atoms with van der Waals surface area (Å²) in [6.45, 7) is 8.35. The van der Waals surface area contributed by atoms with Gasteiger partial charge in [0.05, 0.1) is 43.9 Å². The van der Waals surface area contributed by atoms with E-state index in [-0.39, 0.29) is 50.3 Å². The highest BCUT2D eigenvalue weighted by atomic mass is 35.5. The Morgan fingerprint density at radius 2 is 1.65 bits per heavy atom. The van der Waals surface area contributed by atoms with Crippen molar-refractivity contribution >= 4 is 70.5 Å². The summed E-state index contributed by atoms with van der Waals surface area (Å²) in [5.74, 6) is -1.39. The first-order valence-electron chi connectivity index (χ1n) is 10.7. The van der Waals surface area contributed by atoms with Crippen LogP contribution >= 0.6 is 46.4 Å². The summed E-state index contributed by atoms with van der Waals surface area (Å²) in [7, 11) is 0. The number of halogens is 4. The summed E-state index contributed by atoms with van der Waals surface area (Å²) in [6.07, 6.45) is 0.951. The average molecular weight is 553 g/mol. The van der Waals surface area contributed by atoms with E-state index in [1.54, 1.807) is 31.9 Å². The zero-order valence-electron chi connectivity index (χ0n) is 19.2.